The van der Waals surface area contributed by atoms with E-state index in [4.69, 9.17) is 0 Å². The van der Waals surface area contributed by atoms with Gasteiger partial charge in [0.15, 0.2) is 0 Å². The minimum Gasteiger partial charge on any atom is -0.314 e. The number of piperidine rings is 1. The van der Waals surface area contributed by atoms with Gasteiger partial charge in [-0.25, -0.2) is 0 Å². The van der Waals surface area contributed by atoms with E-state index in [0.717, 1.165) is 12.0 Å². The summed E-state index contributed by atoms with van der Waals surface area (Å²) in [5, 5.41) is 3.47. The van der Waals surface area contributed by atoms with Crippen LogP contribution in [0.15, 0.2) is 0 Å². The van der Waals surface area contributed by atoms with Crippen LogP contribution in [0, 0.1) is 5.92 Å². The van der Waals surface area contributed by atoms with Crippen molar-refractivity contribution in [2.24, 2.45) is 5.92 Å². The Bertz CT molecular complexity index is 110. The van der Waals surface area contributed by atoms with Crippen LogP contribution in [0.3, 0.4) is 0 Å². The summed E-state index contributed by atoms with van der Waals surface area (Å²) in [6, 6.07) is 0.730. The van der Waals surface area contributed by atoms with Gasteiger partial charge in [0.05, 0.1) is 0 Å². The molecule has 0 amide bonds. The zero-order valence-corrected chi connectivity index (χ0v) is 7.93. The fourth-order valence-corrected chi connectivity index (χ4v) is 1.92. The Kier molecular flexibility index (Phi) is 3.34. The second kappa shape index (κ2) is 4.07. The maximum absolute atomic E-state index is 3.47. The third kappa shape index (κ3) is 3.21. The van der Waals surface area contributed by atoms with E-state index in [1.54, 1.807) is 0 Å². The highest BCUT2D eigenvalue weighted by atomic mass is 15.1. The molecular weight excluding hydrogens is 136 g/mol. The van der Waals surface area contributed by atoms with Crippen LogP contribution in [-0.4, -0.2) is 38.1 Å². The van der Waals surface area contributed by atoms with Crippen molar-refractivity contribution in [3.8, 4) is 0 Å². The highest BCUT2D eigenvalue weighted by Gasteiger charge is 2.18. The lowest BCUT2D eigenvalue weighted by Gasteiger charge is -2.29. The Morgan fingerprint density at radius 3 is 2.73 bits per heavy atom. The Morgan fingerprint density at radius 2 is 2.18 bits per heavy atom. The van der Waals surface area contributed by atoms with Crippen LogP contribution in [0.5, 0.6) is 0 Å². The average molecular weight is 156 g/mol. The van der Waals surface area contributed by atoms with Crippen molar-refractivity contribution < 1.29 is 0 Å². The standard InChI is InChI=1S/C9H20N2/c1-8-6-9(4-5-10-8)7-11(2)3/h8-10H,4-7H2,1-3H3. The molecule has 0 aromatic carbocycles. The van der Waals surface area contributed by atoms with Gasteiger partial charge in [0, 0.05) is 12.6 Å². The first kappa shape index (κ1) is 9.01. The summed E-state index contributed by atoms with van der Waals surface area (Å²) in [5.41, 5.74) is 0. The first-order valence-corrected chi connectivity index (χ1v) is 4.56. The predicted octanol–water partition coefficient (Wildman–Crippen LogP) is 0.936. The van der Waals surface area contributed by atoms with Crippen molar-refractivity contribution in [2.75, 3.05) is 27.2 Å². The van der Waals surface area contributed by atoms with Crippen molar-refractivity contribution in [1.29, 1.82) is 0 Å². The summed E-state index contributed by atoms with van der Waals surface area (Å²) in [4.78, 5) is 2.29. The lowest BCUT2D eigenvalue weighted by atomic mass is 9.93. The molecule has 1 fully saturated rings. The Balaban J connectivity index is 2.23. The molecular formula is C9H20N2. The molecule has 1 aliphatic rings. The van der Waals surface area contributed by atoms with Gasteiger partial charge >= 0.3 is 0 Å². The number of nitrogens with one attached hydrogen (secondary N) is 1. The van der Waals surface area contributed by atoms with Crippen LogP contribution in [0.1, 0.15) is 19.8 Å². The second-order valence-electron chi connectivity index (χ2n) is 4.01. The lowest BCUT2D eigenvalue weighted by molar-refractivity contribution is 0.245. The Morgan fingerprint density at radius 1 is 1.45 bits per heavy atom. The van der Waals surface area contributed by atoms with Crippen molar-refractivity contribution in [3.05, 3.63) is 0 Å². The smallest absolute Gasteiger partial charge is 0.00418 e. The summed E-state index contributed by atoms with van der Waals surface area (Å²) in [5.74, 6) is 0.918. The summed E-state index contributed by atoms with van der Waals surface area (Å²) in [7, 11) is 4.32. The van der Waals surface area contributed by atoms with Gasteiger partial charge in [-0.3, -0.25) is 0 Å². The van der Waals surface area contributed by atoms with Gasteiger partial charge < -0.3 is 10.2 Å². The van der Waals surface area contributed by atoms with Gasteiger partial charge in [0.25, 0.3) is 0 Å². The van der Waals surface area contributed by atoms with Crippen molar-refractivity contribution in [3.63, 3.8) is 0 Å². The van der Waals surface area contributed by atoms with Gasteiger partial charge in [-0.15, -0.1) is 0 Å². The fraction of sp³-hybridized carbons (Fsp3) is 1.00. The zero-order chi connectivity index (χ0) is 8.27. The van der Waals surface area contributed by atoms with Crippen LogP contribution >= 0.6 is 0 Å². The lowest BCUT2D eigenvalue weighted by Crippen LogP contribution is -2.39. The molecule has 2 nitrogen and oxygen atoms in total. The van der Waals surface area contributed by atoms with E-state index < -0.39 is 0 Å². The minimum absolute atomic E-state index is 0.730. The van der Waals surface area contributed by atoms with Crippen LogP contribution in [0.25, 0.3) is 0 Å². The summed E-state index contributed by atoms with van der Waals surface area (Å²) in [6.07, 6.45) is 2.70. The third-order valence-electron chi connectivity index (χ3n) is 2.36. The molecule has 11 heavy (non-hydrogen) atoms. The van der Waals surface area contributed by atoms with E-state index in [1.807, 2.05) is 0 Å². The molecule has 0 aromatic rings. The third-order valence-corrected chi connectivity index (χ3v) is 2.36. The molecule has 0 saturated carbocycles. The maximum Gasteiger partial charge on any atom is 0.00418 e. The molecule has 1 N–H and O–H groups in total. The van der Waals surface area contributed by atoms with E-state index in [-0.39, 0.29) is 0 Å². The van der Waals surface area contributed by atoms with Gasteiger partial charge in [-0.05, 0) is 46.3 Å². The number of hydrogen-bond acceptors (Lipinski definition) is 2. The van der Waals surface area contributed by atoms with E-state index in [9.17, 15) is 0 Å². The van der Waals surface area contributed by atoms with Crippen LogP contribution in [0.2, 0.25) is 0 Å². The summed E-state index contributed by atoms with van der Waals surface area (Å²) in [6.45, 7) is 4.74. The van der Waals surface area contributed by atoms with Crippen LogP contribution in [-0.2, 0) is 0 Å². The predicted molar refractivity (Wildman–Crippen MR) is 48.7 cm³/mol. The largest absolute Gasteiger partial charge is 0.314 e. The van der Waals surface area contributed by atoms with E-state index in [2.05, 4.69) is 31.2 Å². The van der Waals surface area contributed by atoms with E-state index in [0.29, 0.717) is 0 Å². The Labute approximate surface area is 70.0 Å². The molecule has 2 unspecified atom stereocenters. The molecule has 1 heterocycles. The van der Waals surface area contributed by atoms with Crippen molar-refractivity contribution >= 4 is 0 Å². The SMILES string of the molecule is CC1CC(CN(C)C)CCN1. The topological polar surface area (TPSA) is 15.3 Å². The molecule has 0 aromatic heterocycles. The first-order chi connectivity index (χ1) is 5.18. The first-order valence-electron chi connectivity index (χ1n) is 4.56. The van der Waals surface area contributed by atoms with E-state index in [1.165, 1.54) is 25.9 Å². The molecule has 2 atom stereocenters. The molecule has 0 spiro atoms. The van der Waals surface area contributed by atoms with Gasteiger partial charge in [0.2, 0.25) is 0 Å². The van der Waals surface area contributed by atoms with E-state index >= 15 is 0 Å². The molecule has 1 aliphatic heterocycles. The molecule has 66 valence electrons. The zero-order valence-electron chi connectivity index (χ0n) is 7.93. The number of hydrogen-bond donors (Lipinski definition) is 1. The second-order valence-corrected chi connectivity index (χ2v) is 4.01. The fourth-order valence-electron chi connectivity index (χ4n) is 1.92. The summed E-state index contributed by atoms with van der Waals surface area (Å²) >= 11 is 0. The normalized spacial score (nSPS) is 32.7. The highest BCUT2D eigenvalue weighted by molar-refractivity contribution is 4.76. The molecule has 0 aliphatic carbocycles. The van der Waals surface area contributed by atoms with Crippen LogP contribution < -0.4 is 5.32 Å². The van der Waals surface area contributed by atoms with Gasteiger partial charge in [-0.2, -0.15) is 0 Å². The molecule has 1 rings (SSSR count). The molecule has 0 radical (unpaired) electrons. The maximum atomic E-state index is 3.47. The molecule has 0 bridgehead atoms. The quantitative estimate of drug-likeness (QED) is 0.640. The van der Waals surface area contributed by atoms with Crippen molar-refractivity contribution in [1.82, 2.24) is 10.2 Å². The van der Waals surface area contributed by atoms with Gasteiger partial charge in [0.1, 0.15) is 0 Å². The minimum atomic E-state index is 0.730. The highest BCUT2D eigenvalue weighted by Crippen LogP contribution is 2.15. The number of nitrogens with zero attached hydrogens (tertiary/aromatic N) is 1. The van der Waals surface area contributed by atoms with Crippen molar-refractivity contribution in [2.45, 2.75) is 25.8 Å². The average Bonchev–Trinajstić information content (AvgIpc) is 1.85. The van der Waals surface area contributed by atoms with Gasteiger partial charge in [-0.1, -0.05) is 0 Å². The number of rotatable bonds is 2. The molecule has 1 saturated heterocycles. The summed E-state index contributed by atoms with van der Waals surface area (Å²) < 4.78 is 0. The molecule has 2 heteroatoms. The monoisotopic (exact) mass is 156 g/mol. The Hall–Kier alpha value is -0.0800. The van der Waals surface area contributed by atoms with Crippen LogP contribution in [0.4, 0.5) is 0 Å².